The molecule has 1 saturated heterocycles. The smallest absolute Gasteiger partial charge is 0.335 e. The summed E-state index contributed by atoms with van der Waals surface area (Å²) in [5.74, 6) is -0.936. The molecule has 0 aromatic carbocycles. The van der Waals surface area contributed by atoms with Crippen LogP contribution in [-0.4, -0.2) is 27.1 Å². The molecule has 17 heavy (non-hydrogen) atoms. The van der Waals surface area contributed by atoms with Crippen LogP contribution >= 0.6 is 0 Å². The maximum Gasteiger partial charge on any atom is 0.335 e. The van der Waals surface area contributed by atoms with Gasteiger partial charge in [0, 0.05) is 19.0 Å². The third-order valence-corrected chi connectivity index (χ3v) is 2.99. The Morgan fingerprint density at radius 2 is 2.47 bits per heavy atom. The fourth-order valence-electron chi connectivity index (χ4n) is 2.10. The molecule has 2 aromatic rings. The lowest BCUT2D eigenvalue weighted by Gasteiger charge is -2.03. The lowest BCUT2D eigenvalue weighted by molar-refractivity contribution is 0.0697. The summed E-state index contributed by atoms with van der Waals surface area (Å²) < 4.78 is 7.38. The molecular weight excluding hydrogens is 220 g/mol. The van der Waals surface area contributed by atoms with E-state index in [2.05, 4.69) is 4.98 Å². The molecule has 3 rings (SSSR count). The molecule has 0 aliphatic carbocycles. The highest BCUT2D eigenvalue weighted by Crippen LogP contribution is 2.27. The summed E-state index contributed by atoms with van der Waals surface area (Å²) in [6.07, 6.45) is 5.71. The van der Waals surface area contributed by atoms with Crippen LogP contribution in [0.1, 0.15) is 35.0 Å². The van der Waals surface area contributed by atoms with Gasteiger partial charge >= 0.3 is 5.97 Å². The van der Waals surface area contributed by atoms with Gasteiger partial charge < -0.3 is 14.2 Å². The maximum absolute atomic E-state index is 10.8. The number of aromatic carboxylic acids is 1. The number of carbonyl (C=O) groups is 1. The number of aromatic nitrogens is 2. The van der Waals surface area contributed by atoms with Crippen molar-refractivity contribution in [2.75, 3.05) is 6.61 Å². The van der Waals surface area contributed by atoms with E-state index in [4.69, 9.17) is 9.84 Å². The molecule has 1 N–H and O–H groups in total. The zero-order valence-corrected chi connectivity index (χ0v) is 9.17. The van der Waals surface area contributed by atoms with Gasteiger partial charge in [-0.1, -0.05) is 0 Å². The minimum atomic E-state index is -0.936. The number of hydrogen-bond donors (Lipinski definition) is 1. The van der Waals surface area contributed by atoms with E-state index in [1.165, 1.54) is 0 Å². The monoisotopic (exact) mass is 232 g/mol. The molecule has 1 fully saturated rings. The average Bonchev–Trinajstić information content (AvgIpc) is 2.96. The van der Waals surface area contributed by atoms with Crippen molar-refractivity contribution in [3.05, 3.63) is 35.8 Å². The highest BCUT2D eigenvalue weighted by Gasteiger charge is 2.20. The Hall–Kier alpha value is -1.88. The average molecular weight is 232 g/mol. The van der Waals surface area contributed by atoms with E-state index in [0.717, 1.165) is 25.1 Å². The number of rotatable bonds is 2. The van der Waals surface area contributed by atoms with Gasteiger partial charge in [-0.05, 0) is 25.0 Å². The number of nitrogens with zero attached hydrogens (tertiary/aromatic N) is 2. The van der Waals surface area contributed by atoms with Crippen LogP contribution in [0.5, 0.6) is 0 Å². The Kier molecular flexibility index (Phi) is 2.33. The lowest BCUT2D eigenvalue weighted by atomic mass is 10.2. The maximum atomic E-state index is 10.8. The summed E-state index contributed by atoms with van der Waals surface area (Å²) in [5.41, 5.74) is 1.78. The minimum absolute atomic E-state index is 0.0585. The summed E-state index contributed by atoms with van der Waals surface area (Å²) in [6.45, 7) is 0.777. The Balaban J connectivity index is 2.03. The second-order valence-electron chi connectivity index (χ2n) is 4.15. The van der Waals surface area contributed by atoms with E-state index in [-0.39, 0.29) is 11.7 Å². The van der Waals surface area contributed by atoms with Crippen molar-refractivity contribution in [2.24, 2.45) is 0 Å². The number of imidazole rings is 1. The number of carboxylic acid groups (broad SMARTS) is 1. The largest absolute Gasteiger partial charge is 0.478 e. The van der Waals surface area contributed by atoms with Gasteiger partial charge in [-0.25, -0.2) is 9.78 Å². The molecule has 1 aliphatic heterocycles. The summed E-state index contributed by atoms with van der Waals surface area (Å²) in [5, 5.41) is 8.90. The zero-order valence-electron chi connectivity index (χ0n) is 9.17. The molecular formula is C12H12N2O3. The van der Waals surface area contributed by atoms with Crippen molar-refractivity contribution < 1.29 is 14.6 Å². The number of hydrogen-bond acceptors (Lipinski definition) is 3. The van der Waals surface area contributed by atoms with Crippen LogP contribution < -0.4 is 0 Å². The predicted molar refractivity (Wildman–Crippen MR) is 60.1 cm³/mol. The van der Waals surface area contributed by atoms with E-state index in [0.29, 0.717) is 5.65 Å². The molecule has 88 valence electrons. The molecule has 5 heteroatoms. The van der Waals surface area contributed by atoms with Gasteiger partial charge in [0.15, 0.2) is 0 Å². The van der Waals surface area contributed by atoms with E-state index in [9.17, 15) is 4.79 Å². The van der Waals surface area contributed by atoms with E-state index >= 15 is 0 Å². The molecule has 0 spiro atoms. The number of fused-ring (bicyclic) bond motifs is 1. The van der Waals surface area contributed by atoms with Gasteiger partial charge in [-0.2, -0.15) is 0 Å². The molecule has 5 nitrogen and oxygen atoms in total. The Labute approximate surface area is 97.7 Å². The van der Waals surface area contributed by atoms with E-state index in [1.807, 2.05) is 10.6 Å². The molecule has 2 aromatic heterocycles. The highest BCUT2D eigenvalue weighted by atomic mass is 16.5. The Bertz CT molecular complexity index is 570. The lowest BCUT2D eigenvalue weighted by Crippen LogP contribution is -1.97. The van der Waals surface area contributed by atoms with Crippen molar-refractivity contribution >= 4 is 11.6 Å². The van der Waals surface area contributed by atoms with Crippen LogP contribution in [0.4, 0.5) is 0 Å². The molecule has 3 heterocycles. The molecule has 0 amide bonds. The van der Waals surface area contributed by atoms with Gasteiger partial charge in [0.05, 0.1) is 11.3 Å². The van der Waals surface area contributed by atoms with Gasteiger partial charge in [0.25, 0.3) is 0 Å². The first-order valence-electron chi connectivity index (χ1n) is 5.57. The fraction of sp³-hybridized carbons (Fsp3) is 0.333. The predicted octanol–water partition coefficient (Wildman–Crippen LogP) is 1.88. The SMILES string of the molecule is O=C(O)c1ccn2cc(C3CCCO3)nc2c1. The standard InChI is InChI=1S/C12H12N2O3/c15-12(16)8-3-4-14-7-9(13-11(14)6-8)10-2-1-5-17-10/h3-4,6-7,10H,1-2,5H2,(H,15,16). The van der Waals surface area contributed by atoms with Gasteiger partial charge in [-0.3, -0.25) is 0 Å². The van der Waals surface area contributed by atoms with Crippen LogP contribution in [0.15, 0.2) is 24.5 Å². The van der Waals surface area contributed by atoms with Crippen molar-refractivity contribution in [3.63, 3.8) is 0 Å². The molecule has 1 unspecified atom stereocenters. The van der Waals surface area contributed by atoms with Crippen molar-refractivity contribution in [1.82, 2.24) is 9.38 Å². The zero-order chi connectivity index (χ0) is 11.8. The van der Waals surface area contributed by atoms with E-state index < -0.39 is 5.97 Å². The van der Waals surface area contributed by atoms with Crippen LogP contribution in [0, 0.1) is 0 Å². The molecule has 1 aliphatic rings. The summed E-state index contributed by atoms with van der Waals surface area (Å²) in [7, 11) is 0. The topological polar surface area (TPSA) is 63.8 Å². The molecule has 0 radical (unpaired) electrons. The van der Waals surface area contributed by atoms with Crippen molar-refractivity contribution in [2.45, 2.75) is 18.9 Å². The third-order valence-electron chi connectivity index (χ3n) is 2.99. The molecule has 0 saturated carbocycles. The highest BCUT2D eigenvalue weighted by molar-refractivity contribution is 5.88. The first-order valence-corrected chi connectivity index (χ1v) is 5.57. The Morgan fingerprint density at radius 3 is 3.18 bits per heavy atom. The van der Waals surface area contributed by atoms with Crippen LogP contribution in [0.2, 0.25) is 0 Å². The number of pyridine rings is 1. The van der Waals surface area contributed by atoms with Gasteiger partial charge in [0.2, 0.25) is 0 Å². The number of ether oxygens (including phenoxy) is 1. The first-order chi connectivity index (χ1) is 8.24. The van der Waals surface area contributed by atoms with Crippen molar-refractivity contribution in [1.29, 1.82) is 0 Å². The summed E-state index contributed by atoms with van der Waals surface area (Å²) in [6, 6.07) is 3.14. The second-order valence-corrected chi connectivity index (χ2v) is 4.15. The van der Waals surface area contributed by atoms with Crippen molar-refractivity contribution in [3.8, 4) is 0 Å². The van der Waals surface area contributed by atoms with Gasteiger partial charge in [0.1, 0.15) is 11.8 Å². The quantitative estimate of drug-likeness (QED) is 0.858. The van der Waals surface area contributed by atoms with E-state index in [1.54, 1.807) is 18.3 Å². The van der Waals surface area contributed by atoms with Crippen LogP contribution in [0.25, 0.3) is 5.65 Å². The molecule has 0 bridgehead atoms. The number of carboxylic acids is 1. The molecule has 1 atom stereocenters. The van der Waals surface area contributed by atoms with Gasteiger partial charge in [-0.15, -0.1) is 0 Å². The fourth-order valence-corrected chi connectivity index (χ4v) is 2.10. The first kappa shape index (κ1) is 10.3. The van der Waals surface area contributed by atoms with Crippen LogP contribution in [-0.2, 0) is 4.74 Å². The third kappa shape index (κ3) is 1.78. The minimum Gasteiger partial charge on any atom is -0.478 e. The summed E-state index contributed by atoms with van der Waals surface area (Å²) >= 11 is 0. The normalized spacial score (nSPS) is 19.9. The van der Waals surface area contributed by atoms with Crippen LogP contribution in [0.3, 0.4) is 0 Å². The Morgan fingerprint density at radius 1 is 1.59 bits per heavy atom. The second kappa shape index (κ2) is 3.85. The summed E-state index contributed by atoms with van der Waals surface area (Å²) in [4.78, 5) is 15.3.